The van der Waals surface area contributed by atoms with E-state index in [9.17, 15) is 10.2 Å². The van der Waals surface area contributed by atoms with E-state index in [4.69, 9.17) is 0 Å². The Kier molecular flexibility index (Phi) is 4.12. The minimum Gasteiger partial charge on any atom is -0.393 e. The summed E-state index contributed by atoms with van der Waals surface area (Å²) in [4.78, 5) is 2.60. The molecule has 2 N–H and O–H groups in total. The number of fused-ring (bicyclic) bond motifs is 5. The van der Waals surface area contributed by atoms with E-state index in [2.05, 4.69) is 24.8 Å². The van der Waals surface area contributed by atoms with Crippen LogP contribution in [0.25, 0.3) is 0 Å². The van der Waals surface area contributed by atoms with Gasteiger partial charge in [-0.2, -0.15) is 0 Å². The van der Waals surface area contributed by atoms with Gasteiger partial charge in [0.05, 0.1) is 12.2 Å². The number of likely N-dealkylation sites (tertiary alicyclic amines) is 1. The van der Waals surface area contributed by atoms with Gasteiger partial charge in [-0.1, -0.05) is 25.5 Å². The van der Waals surface area contributed by atoms with Crippen molar-refractivity contribution in [1.82, 2.24) is 4.90 Å². The van der Waals surface area contributed by atoms with Gasteiger partial charge in [0.25, 0.3) is 0 Å². The number of aliphatic hydroxyl groups excluding tert-OH is 2. The highest BCUT2D eigenvalue weighted by Gasteiger charge is 2.61. The maximum Gasteiger partial charge on any atom is 0.0751 e. The van der Waals surface area contributed by atoms with Crippen molar-refractivity contribution < 1.29 is 10.2 Å². The van der Waals surface area contributed by atoms with E-state index in [-0.39, 0.29) is 17.6 Å². The maximum atomic E-state index is 11.3. The quantitative estimate of drug-likeness (QED) is 0.701. The summed E-state index contributed by atoms with van der Waals surface area (Å²) in [7, 11) is 0. The molecular weight excluding hydrogens is 322 g/mol. The highest BCUT2D eigenvalue weighted by molar-refractivity contribution is 5.26. The van der Waals surface area contributed by atoms with E-state index in [1.54, 1.807) is 5.57 Å². The Bertz CT molecular complexity index is 597. The first kappa shape index (κ1) is 17.7. The summed E-state index contributed by atoms with van der Waals surface area (Å²) in [6.07, 6.45) is 12.7. The van der Waals surface area contributed by atoms with Gasteiger partial charge in [0, 0.05) is 6.04 Å². The van der Waals surface area contributed by atoms with Crippen molar-refractivity contribution in [3.8, 4) is 0 Å². The monoisotopic (exact) mass is 359 g/mol. The molecule has 0 aromatic rings. The molecule has 3 heteroatoms. The topological polar surface area (TPSA) is 43.7 Å². The summed E-state index contributed by atoms with van der Waals surface area (Å²) in [5.74, 6) is 2.17. The van der Waals surface area contributed by atoms with Gasteiger partial charge in [-0.15, -0.1) is 0 Å². The number of nitrogens with zero attached hydrogens (tertiary/aromatic N) is 1. The van der Waals surface area contributed by atoms with Crippen LogP contribution in [0.4, 0.5) is 0 Å². The number of rotatable bonds is 1. The zero-order valence-corrected chi connectivity index (χ0v) is 16.7. The predicted octanol–water partition coefficient (Wildman–Crippen LogP) is 3.75. The fourth-order valence-corrected chi connectivity index (χ4v) is 8.05. The van der Waals surface area contributed by atoms with Gasteiger partial charge in [-0.3, -0.25) is 4.90 Å². The molecule has 0 aromatic carbocycles. The minimum atomic E-state index is -0.141. The molecule has 8 atom stereocenters. The molecule has 5 aliphatic rings. The Hall–Kier alpha value is -0.380. The Morgan fingerprint density at radius 2 is 1.81 bits per heavy atom. The van der Waals surface area contributed by atoms with Crippen LogP contribution in [-0.2, 0) is 0 Å². The van der Waals surface area contributed by atoms with Gasteiger partial charge in [0.1, 0.15) is 0 Å². The molecule has 4 aliphatic carbocycles. The molecule has 3 saturated carbocycles. The number of hydrogen-bond donors (Lipinski definition) is 2. The van der Waals surface area contributed by atoms with Crippen LogP contribution in [0, 0.1) is 28.6 Å². The van der Waals surface area contributed by atoms with Crippen LogP contribution < -0.4 is 0 Å². The third-order valence-corrected chi connectivity index (χ3v) is 9.66. The zero-order valence-electron chi connectivity index (χ0n) is 16.7. The van der Waals surface area contributed by atoms with E-state index >= 15 is 0 Å². The molecular formula is C23H37NO2. The molecule has 1 heterocycles. The SMILES string of the molecule is C[C@]12CCC(O)CC1=CC[C@@H]1[C@H]2CC[C@]2(C)C(O)C(N3CCCC3)C[C@@H]12. The molecule has 0 spiro atoms. The lowest BCUT2D eigenvalue weighted by Gasteiger charge is -2.57. The second-order valence-corrected chi connectivity index (χ2v) is 10.7. The number of hydrogen-bond acceptors (Lipinski definition) is 3. The zero-order chi connectivity index (χ0) is 18.1. The largest absolute Gasteiger partial charge is 0.393 e. The molecule has 5 rings (SSSR count). The lowest BCUT2D eigenvalue weighted by Crippen LogP contribution is -2.51. The standard InChI is InChI=1S/C23H37NO2/c1-22-9-7-16(25)13-15(22)5-6-17-18(22)8-10-23(2)19(17)14-20(21(23)26)24-11-3-4-12-24/h5,16-21,25-26H,3-4,6-14H2,1-2H3/t16?,17-,18-,19+,20?,21?,22+,23+/m1/s1. The van der Waals surface area contributed by atoms with E-state index in [1.165, 1.54) is 51.6 Å². The maximum absolute atomic E-state index is 11.3. The molecule has 4 fully saturated rings. The fraction of sp³-hybridized carbons (Fsp3) is 0.913. The number of allylic oxidation sites excluding steroid dienone is 1. The molecule has 1 aliphatic heterocycles. The van der Waals surface area contributed by atoms with E-state index in [1.807, 2.05) is 0 Å². The van der Waals surface area contributed by atoms with Gasteiger partial charge in [-0.05, 0) is 99.5 Å². The Balaban J connectivity index is 1.44. The summed E-state index contributed by atoms with van der Waals surface area (Å²) in [6.45, 7) is 7.28. The summed E-state index contributed by atoms with van der Waals surface area (Å²) >= 11 is 0. The summed E-state index contributed by atoms with van der Waals surface area (Å²) in [6, 6.07) is 0.401. The first-order chi connectivity index (χ1) is 12.4. The normalized spacial score (nSPS) is 54.4. The third-order valence-electron chi connectivity index (χ3n) is 9.66. The van der Waals surface area contributed by atoms with Crippen molar-refractivity contribution in [1.29, 1.82) is 0 Å². The highest BCUT2D eigenvalue weighted by Crippen LogP contribution is 2.65. The van der Waals surface area contributed by atoms with Gasteiger partial charge >= 0.3 is 0 Å². The van der Waals surface area contributed by atoms with E-state index in [0.29, 0.717) is 17.4 Å². The summed E-state index contributed by atoms with van der Waals surface area (Å²) < 4.78 is 0. The van der Waals surface area contributed by atoms with Crippen LogP contribution in [0.15, 0.2) is 11.6 Å². The van der Waals surface area contributed by atoms with E-state index in [0.717, 1.165) is 31.1 Å². The molecule has 0 bridgehead atoms. The van der Waals surface area contributed by atoms with Gasteiger partial charge in [0.15, 0.2) is 0 Å². The van der Waals surface area contributed by atoms with Crippen molar-refractivity contribution in [2.45, 2.75) is 89.9 Å². The average molecular weight is 360 g/mol. The van der Waals surface area contributed by atoms with Gasteiger partial charge in [0.2, 0.25) is 0 Å². The molecule has 3 nitrogen and oxygen atoms in total. The Morgan fingerprint density at radius 3 is 2.58 bits per heavy atom. The van der Waals surface area contributed by atoms with Crippen LogP contribution in [0.1, 0.15) is 71.6 Å². The van der Waals surface area contributed by atoms with Crippen molar-refractivity contribution >= 4 is 0 Å². The van der Waals surface area contributed by atoms with Crippen molar-refractivity contribution in [2.24, 2.45) is 28.6 Å². The molecule has 3 unspecified atom stereocenters. The predicted molar refractivity (Wildman–Crippen MR) is 104 cm³/mol. The lowest BCUT2D eigenvalue weighted by molar-refractivity contribution is -0.0769. The second kappa shape index (κ2) is 6.06. The molecule has 146 valence electrons. The van der Waals surface area contributed by atoms with E-state index < -0.39 is 0 Å². The van der Waals surface area contributed by atoms with Crippen LogP contribution in [-0.4, -0.2) is 46.5 Å². The fourth-order valence-electron chi connectivity index (χ4n) is 8.05. The first-order valence-corrected chi connectivity index (χ1v) is 11.2. The van der Waals surface area contributed by atoms with Crippen molar-refractivity contribution in [3.05, 3.63) is 11.6 Å². The lowest BCUT2D eigenvalue weighted by atomic mass is 9.48. The molecule has 26 heavy (non-hydrogen) atoms. The Morgan fingerprint density at radius 1 is 1.04 bits per heavy atom. The van der Waals surface area contributed by atoms with Crippen molar-refractivity contribution in [3.63, 3.8) is 0 Å². The molecule has 0 amide bonds. The number of aliphatic hydroxyl groups is 2. The van der Waals surface area contributed by atoms with Crippen LogP contribution in [0.2, 0.25) is 0 Å². The van der Waals surface area contributed by atoms with Gasteiger partial charge in [-0.25, -0.2) is 0 Å². The molecule has 1 saturated heterocycles. The van der Waals surface area contributed by atoms with Crippen LogP contribution in [0.3, 0.4) is 0 Å². The van der Waals surface area contributed by atoms with Crippen LogP contribution in [0.5, 0.6) is 0 Å². The smallest absolute Gasteiger partial charge is 0.0751 e. The average Bonchev–Trinajstić information content (AvgIpc) is 3.23. The molecule has 0 radical (unpaired) electrons. The second-order valence-electron chi connectivity index (χ2n) is 10.7. The highest BCUT2D eigenvalue weighted by atomic mass is 16.3. The van der Waals surface area contributed by atoms with Crippen molar-refractivity contribution in [2.75, 3.05) is 13.1 Å². The minimum absolute atomic E-state index is 0.115. The Labute approximate surface area is 158 Å². The van der Waals surface area contributed by atoms with Crippen LogP contribution >= 0.6 is 0 Å². The third kappa shape index (κ3) is 2.36. The summed E-state index contributed by atoms with van der Waals surface area (Å²) in [5.41, 5.74) is 1.97. The summed E-state index contributed by atoms with van der Waals surface area (Å²) in [5, 5.41) is 21.5. The molecule has 0 aromatic heterocycles. The van der Waals surface area contributed by atoms with Gasteiger partial charge < -0.3 is 10.2 Å². The first-order valence-electron chi connectivity index (χ1n) is 11.2.